The first-order valence-corrected chi connectivity index (χ1v) is 6.47. The number of carbonyl (C=O) groups is 1. The molecule has 0 fully saturated rings. The number of nitrogens with two attached hydrogens (primary N) is 1. The number of rotatable bonds is 3. The lowest BCUT2D eigenvalue weighted by Crippen LogP contribution is -2.13. The van der Waals surface area contributed by atoms with Crippen LogP contribution in [0.1, 0.15) is 10.4 Å². The van der Waals surface area contributed by atoms with Crippen molar-refractivity contribution in [1.82, 2.24) is 0 Å². The molecule has 0 radical (unpaired) electrons. The van der Waals surface area contributed by atoms with Gasteiger partial charge in [-0.3, -0.25) is 14.9 Å². The summed E-state index contributed by atoms with van der Waals surface area (Å²) >= 11 is 3.20. The molecule has 0 atom stereocenters. The van der Waals surface area contributed by atoms with Gasteiger partial charge in [0.2, 0.25) is 0 Å². The van der Waals surface area contributed by atoms with Crippen LogP contribution in [-0.4, -0.2) is 10.8 Å². The topological polar surface area (TPSA) is 98.3 Å². The van der Waals surface area contributed by atoms with Gasteiger partial charge < -0.3 is 11.1 Å². The van der Waals surface area contributed by atoms with Crippen LogP contribution in [0.2, 0.25) is 0 Å². The molecular weight excluding hydrogens is 345 g/mol. The molecule has 3 N–H and O–H groups in total. The number of nitrogen functional groups attached to an aromatic ring is 1. The number of hydrogen-bond donors (Lipinski definition) is 2. The number of nitrogens with one attached hydrogen (secondary N) is 1. The zero-order valence-electron chi connectivity index (χ0n) is 10.5. The highest BCUT2D eigenvalue weighted by Gasteiger charge is 2.14. The lowest BCUT2D eigenvalue weighted by molar-refractivity contribution is -0.385. The Balaban J connectivity index is 2.25. The van der Waals surface area contributed by atoms with E-state index in [4.69, 9.17) is 5.73 Å². The molecule has 8 heteroatoms. The van der Waals surface area contributed by atoms with Crippen LogP contribution in [0.15, 0.2) is 40.9 Å². The molecule has 2 aromatic rings. The third kappa shape index (κ3) is 3.54. The molecule has 1 amide bonds. The van der Waals surface area contributed by atoms with Crippen molar-refractivity contribution >= 4 is 38.9 Å². The zero-order chi connectivity index (χ0) is 15.6. The van der Waals surface area contributed by atoms with Gasteiger partial charge in [-0.1, -0.05) is 15.9 Å². The number of nitro benzene ring substituents is 1. The Labute approximate surface area is 127 Å². The van der Waals surface area contributed by atoms with Crippen LogP contribution in [0.4, 0.5) is 21.5 Å². The van der Waals surface area contributed by atoms with Gasteiger partial charge >= 0.3 is 0 Å². The zero-order valence-corrected chi connectivity index (χ0v) is 12.1. The number of non-ortho nitro benzene ring substituents is 1. The van der Waals surface area contributed by atoms with Gasteiger partial charge in [-0.25, -0.2) is 4.39 Å². The number of benzene rings is 2. The van der Waals surface area contributed by atoms with Gasteiger partial charge in [-0.15, -0.1) is 0 Å². The normalized spacial score (nSPS) is 10.2. The molecule has 6 nitrogen and oxygen atoms in total. The molecule has 0 aliphatic carbocycles. The van der Waals surface area contributed by atoms with E-state index >= 15 is 0 Å². The highest BCUT2D eigenvalue weighted by molar-refractivity contribution is 9.10. The van der Waals surface area contributed by atoms with Crippen molar-refractivity contribution in [3.63, 3.8) is 0 Å². The van der Waals surface area contributed by atoms with Crippen LogP contribution < -0.4 is 11.1 Å². The minimum Gasteiger partial charge on any atom is -0.399 e. The predicted octanol–water partition coefficient (Wildman–Crippen LogP) is 3.33. The molecule has 0 saturated carbocycles. The Hall–Kier alpha value is -2.48. The molecule has 0 aliphatic heterocycles. The second kappa shape index (κ2) is 5.88. The number of nitro groups is 1. The van der Waals surface area contributed by atoms with E-state index in [9.17, 15) is 19.3 Å². The summed E-state index contributed by atoms with van der Waals surface area (Å²) in [6, 6.07) is 7.55. The van der Waals surface area contributed by atoms with E-state index in [1.165, 1.54) is 12.1 Å². The number of nitrogens with zero attached hydrogens (tertiary/aromatic N) is 1. The summed E-state index contributed by atoms with van der Waals surface area (Å²) in [5, 5.41) is 12.8. The largest absolute Gasteiger partial charge is 0.399 e. The molecule has 0 spiro atoms. The van der Waals surface area contributed by atoms with Crippen molar-refractivity contribution in [2.75, 3.05) is 11.1 Å². The van der Waals surface area contributed by atoms with E-state index in [2.05, 4.69) is 21.2 Å². The summed E-state index contributed by atoms with van der Waals surface area (Å²) in [6.07, 6.45) is 0. The third-order valence-corrected chi connectivity index (χ3v) is 3.05. The summed E-state index contributed by atoms with van der Waals surface area (Å²) in [4.78, 5) is 21.8. The number of halogens is 2. The summed E-state index contributed by atoms with van der Waals surface area (Å²) in [5.41, 5.74) is 5.68. The van der Waals surface area contributed by atoms with Gasteiger partial charge in [-0.2, -0.15) is 0 Å². The molecule has 0 heterocycles. The molecule has 0 saturated heterocycles. The van der Waals surface area contributed by atoms with Crippen molar-refractivity contribution in [3.8, 4) is 0 Å². The van der Waals surface area contributed by atoms with Crippen LogP contribution in [0.25, 0.3) is 0 Å². The summed E-state index contributed by atoms with van der Waals surface area (Å²) in [5.74, 6) is -1.46. The Bertz CT molecular complexity index is 716. The molecule has 108 valence electrons. The maximum Gasteiger partial charge on any atom is 0.272 e. The molecule has 0 aromatic heterocycles. The summed E-state index contributed by atoms with van der Waals surface area (Å²) in [6.45, 7) is 0. The van der Waals surface area contributed by atoms with Crippen LogP contribution >= 0.6 is 15.9 Å². The van der Waals surface area contributed by atoms with Crippen LogP contribution in [-0.2, 0) is 0 Å². The minimum atomic E-state index is -0.888. The lowest BCUT2D eigenvalue weighted by Gasteiger charge is -2.07. The second-order valence-corrected chi connectivity index (χ2v) is 5.06. The number of carbonyl (C=O) groups excluding carboxylic acids is 1. The smallest absolute Gasteiger partial charge is 0.272 e. The Morgan fingerprint density at radius 2 is 2.00 bits per heavy atom. The van der Waals surface area contributed by atoms with Gasteiger partial charge in [0, 0.05) is 21.8 Å². The van der Waals surface area contributed by atoms with Crippen LogP contribution in [0.5, 0.6) is 0 Å². The fourth-order valence-electron chi connectivity index (χ4n) is 1.66. The van der Waals surface area contributed by atoms with Crippen LogP contribution in [0.3, 0.4) is 0 Å². The van der Waals surface area contributed by atoms with Gasteiger partial charge in [-0.05, 0) is 24.3 Å². The molecular formula is C13H9BrFN3O3. The minimum absolute atomic E-state index is 0.149. The SMILES string of the molecule is Nc1cc(Br)cc(C(=O)Nc2ccc([N+](=O)[O-])cc2F)c1. The number of amides is 1. The average Bonchev–Trinajstić information content (AvgIpc) is 2.39. The first kappa shape index (κ1) is 14.9. The molecule has 2 aromatic carbocycles. The maximum atomic E-state index is 13.7. The van der Waals surface area contributed by atoms with E-state index < -0.39 is 22.3 Å². The third-order valence-electron chi connectivity index (χ3n) is 2.59. The van der Waals surface area contributed by atoms with Crippen molar-refractivity contribution < 1.29 is 14.1 Å². The summed E-state index contributed by atoms with van der Waals surface area (Å²) in [7, 11) is 0. The van der Waals surface area contributed by atoms with Crippen molar-refractivity contribution in [2.24, 2.45) is 0 Å². The highest BCUT2D eigenvalue weighted by atomic mass is 79.9. The maximum absolute atomic E-state index is 13.7. The van der Waals surface area contributed by atoms with Gasteiger partial charge in [0.1, 0.15) is 0 Å². The first-order chi connectivity index (χ1) is 9.86. The quantitative estimate of drug-likeness (QED) is 0.502. The van der Waals surface area contributed by atoms with Crippen LogP contribution in [0, 0.1) is 15.9 Å². The molecule has 0 unspecified atom stereocenters. The van der Waals surface area contributed by atoms with E-state index in [0.29, 0.717) is 10.2 Å². The second-order valence-electron chi connectivity index (χ2n) is 4.15. The molecule has 2 rings (SSSR count). The monoisotopic (exact) mass is 353 g/mol. The lowest BCUT2D eigenvalue weighted by atomic mass is 10.2. The Morgan fingerprint density at radius 1 is 1.29 bits per heavy atom. The Kier molecular flexibility index (Phi) is 4.18. The van der Waals surface area contributed by atoms with Crippen molar-refractivity contribution in [1.29, 1.82) is 0 Å². The fourth-order valence-corrected chi connectivity index (χ4v) is 2.17. The van der Waals surface area contributed by atoms with Gasteiger partial charge in [0.25, 0.3) is 11.6 Å². The predicted molar refractivity (Wildman–Crippen MR) is 79.6 cm³/mol. The van der Waals surface area contributed by atoms with Crippen molar-refractivity contribution in [3.05, 3.63) is 62.4 Å². The molecule has 0 aliphatic rings. The first-order valence-electron chi connectivity index (χ1n) is 5.68. The van der Waals surface area contributed by atoms with E-state index in [1.54, 1.807) is 6.07 Å². The van der Waals surface area contributed by atoms with E-state index in [-0.39, 0.29) is 11.3 Å². The van der Waals surface area contributed by atoms with E-state index in [1.807, 2.05) is 0 Å². The number of anilines is 2. The molecule has 21 heavy (non-hydrogen) atoms. The van der Waals surface area contributed by atoms with Gasteiger partial charge in [0.15, 0.2) is 5.82 Å². The Morgan fingerprint density at radius 3 is 2.57 bits per heavy atom. The highest BCUT2D eigenvalue weighted by Crippen LogP contribution is 2.22. The average molecular weight is 354 g/mol. The number of hydrogen-bond acceptors (Lipinski definition) is 4. The van der Waals surface area contributed by atoms with E-state index in [0.717, 1.165) is 18.2 Å². The summed E-state index contributed by atoms with van der Waals surface area (Å²) < 4.78 is 14.3. The fraction of sp³-hybridized carbons (Fsp3) is 0. The van der Waals surface area contributed by atoms with Gasteiger partial charge in [0.05, 0.1) is 16.7 Å². The standard InChI is InChI=1S/C13H9BrFN3O3/c14-8-3-7(4-9(16)5-8)13(19)17-12-2-1-10(18(20)21)6-11(12)15/h1-6H,16H2,(H,17,19). The van der Waals surface area contributed by atoms with Crippen molar-refractivity contribution in [2.45, 2.75) is 0 Å². The molecule has 0 bridgehead atoms.